The molecule has 0 aliphatic heterocycles. The summed E-state index contributed by atoms with van der Waals surface area (Å²) < 4.78 is 17.2. The first-order valence-corrected chi connectivity index (χ1v) is 10.1. The van der Waals surface area contributed by atoms with Crippen molar-refractivity contribution < 1.29 is 9.50 Å². The largest absolute Gasteiger partial charge is 0.387 e. The van der Waals surface area contributed by atoms with Gasteiger partial charge in [0.2, 0.25) is 0 Å². The number of fused-ring (bicyclic) bond motifs is 1. The molecule has 0 aliphatic rings. The zero-order chi connectivity index (χ0) is 23.6. The summed E-state index contributed by atoms with van der Waals surface area (Å²) in [4.78, 5) is 4.53. The molecule has 4 aromatic rings. The Balaban J connectivity index is 1.70. The standard InChI is InChI=1S/C22H20FN9O/c1-22(2,33)21(23)13-31-12-19(29-30-31)16-11-27-18(8-17(16)26-6-5-24)20-4-3-15-7-14(9-25)10-28-32(15)20/h3-4,7-8,10-12,21,33H,6,13H2,1-2H3,(H,26,27)/t21-/m1/s1. The van der Waals surface area contributed by atoms with Crippen LogP contribution in [0.3, 0.4) is 0 Å². The van der Waals surface area contributed by atoms with Crippen molar-refractivity contribution in [3.63, 3.8) is 0 Å². The second-order valence-electron chi connectivity index (χ2n) is 7.99. The van der Waals surface area contributed by atoms with Crippen molar-refractivity contribution in [3.05, 3.63) is 48.4 Å². The van der Waals surface area contributed by atoms with Crippen LogP contribution >= 0.6 is 0 Å². The van der Waals surface area contributed by atoms with E-state index in [4.69, 9.17) is 10.5 Å². The second kappa shape index (κ2) is 8.65. The van der Waals surface area contributed by atoms with Gasteiger partial charge in [-0.3, -0.25) is 4.98 Å². The van der Waals surface area contributed by atoms with E-state index < -0.39 is 11.8 Å². The van der Waals surface area contributed by atoms with Gasteiger partial charge in [0.05, 0.1) is 53.1 Å². The maximum absolute atomic E-state index is 14.2. The summed E-state index contributed by atoms with van der Waals surface area (Å²) in [6.07, 6.45) is 3.10. The molecule has 0 aromatic carbocycles. The van der Waals surface area contributed by atoms with Gasteiger partial charge >= 0.3 is 0 Å². The number of anilines is 1. The van der Waals surface area contributed by atoms with E-state index in [-0.39, 0.29) is 13.1 Å². The molecule has 4 heterocycles. The molecular weight excluding hydrogens is 425 g/mol. The number of halogens is 1. The van der Waals surface area contributed by atoms with E-state index in [1.165, 1.54) is 24.7 Å². The third kappa shape index (κ3) is 4.49. The van der Waals surface area contributed by atoms with Gasteiger partial charge in [-0.2, -0.15) is 15.6 Å². The highest BCUT2D eigenvalue weighted by Crippen LogP contribution is 2.30. The van der Waals surface area contributed by atoms with E-state index in [2.05, 4.69) is 31.8 Å². The topological polar surface area (TPSA) is 141 Å². The highest BCUT2D eigenvalue weighted by Gasteiger charge is 2.27. The summed E-state index contributed by atoms with van der Waals surface area (Å²) in [5, 5.41) is 43.4. The molecule has 166 valence electrons. The fourth-order valence-corrected chi connectivity index (χ4v) is 3.23. The van der Waals surface area contributed by atoms with E-state index >= 15 is 0 Å². The number of hydrogen-bond donors (Lipinski definition) is 2. The van der Waals surface area contributed by atoms with Crippen LogP contribution < -0.4 is 5.32 Å². The molecule has 4 aromatic heterocycles. The quantitative estimate of drug-likeness (QED) is 0.414. The van der Waals surface area contributed by atoms with Gasteiger partial charge < -0.3 is 10.4 Å². The van der Waals surface area contributed by atoms with Crippen LogP contribution in [0.4, 0.5) is 10.1 Å². The van der Waals surface area contributed by atoms with Crippen molar-refractivity contribution in [2.24, 2.45) is 0 Å². The molecule has 0 aliphatic carbocycles. The van der Waals surface area contributed by atoms with Crippen molar-refractivity contribution in [2.45, 2.75) is 32.2 Å². The van der Waals surface area contributed by atoms with E-state index in [1.807, 2.05) is 18.2 Å². The monoisotopic (exact) mass is 445 g/mol. The molecule has 0 radical (unpaired) electrons. The number of nitrogens with one attached hydrogen (secondary N) is 1. The number of pyridine rings is 1. The summed E-state index contributed by atoms with van der Waals surface area (Å²) in [5.41, 5.74) is 2.61. The summed E-state index contributed by atoms with van der Waals surface area (Å²) in [6.45, 7) is 2.68. The van der Waals surface area contributed by atoms with E-state index in [1.54, 1.807) is 29.0 Å². The number of nitriles is 2. The predicted octanol–water partition coefficient (Wildman–Crippen LogP) is 2.57. The van der Waals surface area contributed by atoms with Gasteiger partial charge in [-0.05, 0) is 38.1 Å². The summed E-state index contributed by atoms with van der Waals surface area (Å²) in [5.74, 6) is 0. The van der Waals surface area contributed by atoms with E-state index in [0.717, 1.165) is 5.52 Å². The van der Waals surface area contributed by atoms with Crippen LogP contribution in [-0.2, 0) is 6.54 Å². The van der Waals surface area contributed by atoms with Gasteiger partial charge in [-0.1, -0.05) is 5.21 Å². The van der Waals surface area contributed by atoms with Crippen molar-refractivity contribution in [3.8, 4) is 34.8 Å². The molecule has 1 atom stereocenters. The van der Waals surface area contributed by atoms with Crippen molar-refractivity contribution >= 4 is 11.2 Å². The van der Waals surface area contributed by atoms with Crippen molar-refractivity contribution in [1.82, 2.24) is 29.6 Å². The average molecular weight is 445 g/mol. The molecule has 0 amide bonds. The number of nitrogens with zero attached hydrogens (tertiary/aromatic N) is 8. The molecule has 0 saturated carbocycles. The van der Waals surface area contributed by atoms with Crippen LogP contribution in [0.25, 0.3) is 28.2 Å². The molecule has 0 saturated heterocycles. The van der Waals surface area contributed by atoms with E-state index in [9.17, 15) is 9.50 Å². The number of rotatable bonds is 7. The van der Waals surface area contributed by atoms with Gasteiger partial charge in [0.1, 0.15) is 24.5 Å². The fraction of sp³-hybridized carbons (Fsp3) is 0.273. The number of alkyl halides is 1. The van der Waals surface area contributed by atoms with Crippen LogP contribution in [0.2, 0.25) is 0 Å². The Morgan fingerprint density at radius 3 is 2.76 bits per heavy atom. The summed E-state index contributed by atoms with van der Waals surface area (Å²) >= 11 is 0. The smallest absolute Gasteiger partial charge is 0.148 e. The summed E-state index contributed by atoms with van der Waals surface area (Å²) in [7, 11) is 0. The zero-order valence-electron chi connectivity index (χ0n) is 17.9. The Bertz CT molecular complexity index is 1390. The van der Waals surface area contributed by atoms with Crippen LogP contribution in [0.1, 0.15) is 19.4 Å². The lowest BCUT2D eigenvalue weighted by molar-refractivity contribution is -0.0120. The highest BCUT2D eigenvalue weighted by atomic mass is 19.1. The van der Waals surface area contributed by atoms with Gasteiger partial charge in [-0.25, -0.2) is 13.6 Å². The van der Waals surface area contributed by atoms with Crippen LogP contribution in [-0.4, -0.2) is 53.0 Å². The molecule has 0 spiro atoms. The normalized spacial score (nSPS) is 12.3. The SMILES string of the molecule is CC(C)(O)[C@H](F)Cn1cc(-c2cnc(-c3ccc4cc(C#N)cnn34)cc2NCC#N)nn1. The fourth-order valence-electron chi connectivity index (χ4n) is 3.23. The third-order valence-corrected chi connectivity index (χ3v) is 5.08. The maximum atomic E-state index is 14.2. The highest BCUT2D eigenvalue weighted by molar-refractivity contribution is 5.78. The predicted molar refractivity (Wildman–Crippen MR) is 117 cm³/mol. The molecule has 0 unspecified atom stereocenters. The van der Waals surface area contributed by atoms with Crippen molar-refractivity contribution in [1.29, 1.82) is 10.5 Å². The molecule has 33 heavy (non-hydrogen) atoms. The molecule has 0 fully saturated rings. The van der Waals surface area contributed by atoms with Crippen molar-refractivity contribution in [2.75, 3.05) is 11.9 Å². The van der Waals surface area contributed by atoms with Gasteiger partial charge in [0.15, 0.2) is 0 Å². The van der Waals surface area contributed by atoms with Gasteiger partial charge in [-0.15, -0.1) is 5.10 Å². The van der Waals surface area contributed by atoms with Gasteiger partial charge in [0, 0.05) is 17.4 Å². The number of aromatic nitrogens is 6. The zero-order valence-corrected chi connectivity index (χ0v) is 17.9. The average Bonchev–Trinajstić information content (AvgIpc) is 3.43. The molecule has 4 rings (SSSR count). The minimum absolute atomic E-state index is 0.0501. The van der Waals surface area contributed by atoms with Gasteiger partial charge in [0.25, 0.3) is 0 Å². The lowest BCUT2D eigenvalue weighted by Crippen LogP contribution is -2.35. The van der Waals surface area contributed by atoms with Crippen LogP contribution in [0.5, 0.6) is 0 Å². The van der Waals surface area contributed by atoms with E-state index in [0.29, 0.717) is 33.9 Å². The molecule has 0 bridgehead atoms. The lowest BCUT2D eigenvalue weighted by atomic mass is 10.0. The first-order valence-electron chi connectivity index (χ1n) is 10.1. The molecular formula is C22H20FN9O. The minimum atomic E-state index is -1.53. The first-order chi connectivity index (χ1) is 15.8. The van der Waals surface area contributed by atoms with Crippen LogP contribution in [0.15, 0.2) is 42.9 Å². The first kappa shape index (κ1) is 21.9. The van der Waals surface area contributed by atoms with Crippen LogP contribution in [0, 0.1) is 22.7 Å². The maximum Gasteiger partial charge on any atom is 0.148 e. The summed E-state index contributed by atoms with van der Waals surface area (Å²) in [6, 6.07) is 11.3. The molecule has 2 N–H and O–H groups in total. The Kier molecular flexibility index (Phi) is 5.73. The number of aliphatic hydroxyl groups is 1. The Morgan fingerprint density at radius 1 is 1.21 bits per heavy atom. The minimum Gasteiger partial charge on any atom is -0.387 e. The lowest BCUT2D eigenvalue weighted by Gasteiger charge is -2.21. The Hall–Kier alpha value is -4.35. The Morgan fingerprint density at radius 2 is 2.03 bits per heavy atom. The molecule has 11 heteroatoms. The molecule has 10 nitrogen and oxygen atoms in total. The Labute approximate surface area is 188 Å². The second-order valence-corrected chi connectivity index (χ2v) is 7.99. The number of hydrogen-bond acceptors (Lipinski definition) is 8. The third-order valence-electron chi connectivity index (χ3n) is 5.08.